The van der Waals surface area contributed by atoms with Crippen LogP contribution in [0.3, 0.4) is 0 Å². The fourth-order valence-electron chi connectivity index (χ4n) is 2.33. The molecule has 17 heavy (non-hydrogen) atoms. The van der Waals surface area contributed by atoms with Gasteiger partial charge in [0, 0.05) is 25.6 Å². The molecule has 1 rings (SSSR count). The van der Waals surface area contributed by atoms with E-state index in [2.05, 4.69) is 12.2 Å². The Labute approximate surface area is 108 Å². The Kier molecular flexibility index (Phi) is 5.75. The van der Waals surface area contributed by atoms with Crippen molar-refractivity contribution >= 4 is 23.4 Å². The van der Waals surface area contributed by atoms with Crippen LogP contribution in [-0.4, -0.2) is 41.7 Å². The lowest BCUT2D eigenvalue weighted by Crippen LogP contribution is -2.52. The smallest absolute Gasteiger partial charge is 0.235 e. The number of nitrogens with one attached hydrogen (secondary N) is 1. The Hall–Kier alpha value is -0.770. The molecule has 5 heteroatoms. The van der Waals surface area contributed by atoms with Crippen LogP contribution in [-0.2, 0) is 9.59 Å². The van der Waals surface area contributed by atoms with Gasteiger partial charge in [-0.3, -0.25) is 9.59 Å². The van der Waals surface area contributed by atoms with Crippen molar-refractivity contribution in [2.45, 2.75) is 39.2 Å². The first-order valence-corrected chi connectivity index (χ1v) is 6.78. The van der Waals surface area contributed by atoms with Crippen molar-refractivity contribution in [2.75, 3.05) is 19.0 Å². The average Bonchev–Trinajstić information content (AvgIpc) is 2.37. The van der Waals surface area contributed by atoms with Crippen molar-refractivity contribution < 1.29 is 9.59 Å². The minimum atomic E-state index is -0.120. The van der Waals surface area contributed by atoms with Crippen LogP contribution in [0.2, 0.25) is 0 Å². The number of carbonyl (C=O) groups excluding carboxylic acids is 2. The van der Waals surface area contributed by atoms with E-state index >= 15 is 0 Å². The predicted molar refractivity (Wildman–Crippen MR) is 67.9 cm³/mol. The van der Waals surface area contributed by atoms with Crippen LogP contribution in [0.15, 0.2) is 0 Å². The van der Waals surface area contributed by atoms with Gasteiger partial charge in [-0.25, -0.2) is 0 Å². The molecular weight excluding hydrogens is 240 g/mol. The van der Waals surface area contributed by atoms with Crippen molar-refractivity contribution in [1.29, 1.82) is 0 Å². The molecule has 0 radical (unpaired) electrons. The summed E-state index contributed by atoms with van der Waals surface area (Å²) in [4.78, 5) is 24.8. The van der Waals surface area contributed by atoms with Crippen LogP contribution >= 0.6 is 11.6 Å². The lowest BCUT2D eigenvalue weighted by Gasteiger charge is -2.38. The summed E-state index contributed by atoms with van der Waals surface area (Å²) in [6, 6.07) is 0.159. The zero-order chi connectivity index (χ0) is 12.8. The van der Waals surface area contributed by atoms with Gasteiger partial charge < -0.3 is 10.2 Å². The maximum absolute atomic E-state index is 11.6. The molecule has 1 aliphatic rings. The number of hydrogen-bond donors (Lipinski definition) is 1. The van der Waals surface area contributed by atoms with Crippen LogP contribution in [0.25, 0.3) is 0 Å². The number of rotatable bonds is 4. The highest BCUT2D eigenvalue weighted by Crippen LogP contribution is 2.20. The third-order valence-electron chi connectivity index (χ3n) is 3.38. The van der Waals surface area contributed by atoms with Crippen molar-refractivity contribution in [3.8, 4) is 0 Å². The molecular formula is C12H21ClN2O2. The molecule has 4 nitrogen and oxygen atoms in total. The van der Waals surface area contributed by atoms with Crippen LogP contribution in [0.5, 0.6) is 0 Å². The summed E-state index contributed by atoms with van der Waals surface area (Å²) in [5, 5.41) is 2.94. The summed E-state index contributed by atoms with van der Waals surface area (Å²) in [5.74, 6) is 0.423. The first-order chi connectivity index (χ1) is 8.12. The molecule has 98 valence electrons. The lowest BCUT2D eigenvalue weighted by molar-refractivity contribution is -0.133. The predicted octanol–water partition coefficient (Wildman–Crippen LogP) is 1.38. The Morgan fingerprint density at radius 3 is 2.65 bits per heavy atom. The van der Waals surface area contributed by atoms with Crippen LogP contribution in [0.4, 0.5) is 0 Å². The van der Waals surface area contributed by atoms with Crippen molar-refractivity contribution in [3.05, 3.63) is 0 Å². The highest BCUT2D eigenvalue weighted by molar-refractivity contribution is 6.27. The monoisotopic (exact) mass is 260 g/mol. The number of amides is 2. The maximum atomic E-state index is 11.6. The molecule has 2 atom stereocenters. The number of carbonyl (C=O) groups is 2. The number of hydrogen-bond acceptors (Lipinski definition) is 2. The molecule has 2 unspecified atom stereocenters. The Bertz CT molecular complexity index is 284. The van der Waals surface area contributed by atoms with Gasteiger partial charge in [0.1, 0.15) is 5.88 Å². The maximum Gasteiger partial charge on any atom is 0.235 e. The van der Waals surface area contributed by atoms with Gasteiger partial charge in [-0.05, 0) is 18.8 Å². The quantitative estimate of drug-likeness (QED) is 0.777. The van der Waals surface area contributed by atoms with Crippen LogP contribution in [0, 0.1) is 5.92 Å². The fourth-order valence-corrected chi connectivity index (χ4v) is 2.41. The number of nitrogens with zero attached hydrogens (tertiary/aromatic N) is 1. The van der Waals surface area contributed by atoms with Gasteiger partial charge in [0.2, 0.25) is 11.8 Å². The standard InChI is InChI=1S/C12H21ClN2O2/c1-3-9-8-15(12(17)4-2)6-5-10(9)14-11(16)7-13/h9-10H,3-8H2,1-2H3,(H,14,16). The molecule has 0 aromatic carbocycles. The Morgan fingerprint density at radius 2 is 2.12 bits per heavy atom. The van der Waals surface area contributed by atoms with Gasteiger partial charge in [-0.2, -0.15) is 0 Å². The number of likely N-dealkylation sites (tertiary alicyclic amines) is 1. The molecule has 0 saturated carbocycles. The zero-order valence-corrected chi connectivity index (χ0v) is 11.3. The van der Waals surface area contributed by atoms with E-state index in [1.165, 1.54) is 0 Å². The highest BCUT2D eigenvalue weighted by Gasteiger charge is 2.30. The van der Waals surface area contributed by atoms with Gasteiger partial charge >= 0.3 is 0 Å². The van der Waals surface area contributed by atoms with E-state index in [9.17, 15) is 9.59 Å². The second kappa shape index (κ2) is 6.84. The Balaban J connectivity index is 2.55. The number of piperidine rings is 1. The first kappa shape index (κ1) is 14.3. The number of alkyl halides is 1. The van der Waals surface area contributed by atoms with Crippen LogP contribution < -0.4 is 5.32 Å². The summed E-state index contributed by atoms with van der Waals surface area (Å²) >= 11 is 5.49. The van der Waals surface area contributed by atoms with E-state index in [1.54, 1.807) is 0 Å². The minimum absolute atomic E-state index is 0.00450. The molecule has 2 amide bonds. The van der Waals surface area contributed by atoms with E-state index < -0.39 is 0 Å². The topological polar surface area (TPSA) is 49.4 Å². The molecule has 1 aliphatic heterocycles. The zero-order valence-electron chi connectivity index (χ0n) is 10.5. The van der Waals surface area contributed by atoms with Gasteiger partial charge in [0.05, 0.1) is 0 Å². The van der Waals surface area contributed by atoms with E-state index in [0.717, 1.165) is 25.9 Å². The van der Waals surface area contributed by atoms with E-state index in [0.29, 0.717) is 12.3 Å². The molecule has 1 fully saturated rings. The van der Waals surface area contributed by atoms with Crippen molar-refractivity contribution in [3.63, 3.8) is 0 Å². The second-order valence-electron chi connectivity index (χ2n) is 4.46. The third-order valence-corrected chi connectivity index (χ3v) is 3.62. The molecule has 1 heterocycles. The molecule has 1 saturated heterocycles. The molecule has 0 aliphatic carbocycles. The normalized spacial score (nSPS) is 24.5. The summed E-state index contributed by atoms with van der Waals surface area (Å²) < 4.78 is 0. The van der Waals surface area contributed by atoms with Gasteiger partial charge in [0.15, 0.2) is 0 Å². The van der Waals surface area contributed by atoms with Gasteiger partial charge in [0.25, 0.3) is 0 Å². The van der Waals surface area contributed by atoms with E-state index in [1.807, 2.05) is 11.8 Å². The Morgan fingerprint density at radius 1 is 1.41 bits per heavy atom. The third kappa shape index (κ3) is 3.87. The molecule has 0 aromatic rings. The van der Waals surface area contributed by atoms with Gasteiger partial charge in [-0.15, -0.1) is 11.6 Å². The largest absolute Gasteiger partial charge is 0.352 e. The number of halogens is 1. The summed E-state index contributed by atoms with van der Waals surface area (Å²) in [6.07, 6.45) is 2.34. The van der Waals surface area contributed by atoms with E-state index in [4.69, 9.17) is 11.6 Å². The highest BCUT2D eigenvalue weighted by atomic mass is 35.5. The van der Waals surface area contributed by atoms with Crippen molar-refractivity contribution in [1.82, 2.24) is 10.2 Å². The first-order valence-electron chi connectivity index (χ1n) is 6.25. The van der Waals surface area contributed by atoms with Gasteiger partial charge in [-0.1, -0.05) is 13.8 Å². The van der Waals surface area contributed by atoms with Crippen molar-refractivity contribution in [2.24, 2.45) is 5.92 Å². The average molecular weight is 261 g/mol. The molecule has 0 spiro atoms. The SMILES string of the molecule is CCC(=O)N1CCC(NC(=O)CCl)C(CC)C1. The van der Waals surface area contributed by atoms with Crippen LogP contribution in [0.1, 0.15) is 33.1 Å². The minimum Gasteiger partial charge on any atom is -0.352 e. The molecule has 0 aromatic heterocycles. The lowest BCUT2D eigenvalue weighted by atomic mass is 9.89. The summed E-state index contributed by atoms with van der Waals surface area (Å²) in [5.41, 5.74) is 0. The van der Waals surface area contributed by atoms with E-state index in [-0.39, 0.29) is 23.7 Å². The molecule has 1 N–H and O–H groups in total. The second-order valence-corrected chi connectivity index (χ2v) is 4.73. The summed E-state index contributed by atoms with van der Waals surface area (Å²) in [7, 11) is 0. The summed E-state index contributed by atoms with van der Waals surface area (Å²) in [6.45, 7) is 5.45. The molecule has 0 bridgehead atoms. The fraction of sp³-hybridized carbons (Fsp3) is 0.833.